The normalized spacial score (nSPS) is 14.4. The lowest BCUT2D eigenvalue weighted by Crippen LogP contribution is -2.23. The van der Waals surface area contributed by atoms with Gasteiger partial charge in [-0.05, 0) is 13.8 Å². The minimum absolute atomic E-state index is 0.0429. The van der Waals surface area contributed by atoms with Crippen molar-refractivity contribution in [1.82, 2.24) is 9.78 Å². The maximum atomic E-state index is 11.3. The number of carbonyl (C=O) groups is 1. The molecule has 0 aliphatic rings. The summed E-state index contributed by atoms with van der Waals surface area (Å²) in [6, 6.07) is -0.0429. The lowest BCUT2D eigenvalue weighted by molar-refractivity contribution is -0.139. The Labute approximate surface area is 106 Å². The van der Waals surface area contributed by atoms with Gasteiger partial charge in [-0.15, -0.1) is 11.8 Å². The lowest BCUT2D eigenvalue weighted by atomic mass is 10.1. The molecule has 0 radical (unpaired) electrons. The van der Waals surface area contributed by atoms with Crippen molar-refractivity contribution < 1.29 is 9.53 Å². The highest BCUT2D eigenvalue weighted by Crippen LogP contribution is 2.30. The number of ether oxygens (including phenoxy) is 1. The van der Waals surface area contributed by atoms with Crippen LogP contribution in [0.2, 0.25) is 0 Å². The number of aryl methyl sites for hydroxylation is 1. The first kappa shape index (κ1) is 14.1. The van der Waals surface area contributed by atoms with Gasteiger partial charge >= 0.3 is 5.97 Å². The predicted molar refractivity (Wildman–Crippen MR) is 68.7 cm³/mol. The van der Waals surface area contributed by atoms with Crippen LogP contribution in [0.25, 0.3) is 0 Å². The van der Waals surface area contributed by atoms with Crippen molar-refractivity contribution in [2.75, 3.05) is 12.4 Å². The first-order valence-electron chi connectivity index (χ1n) is 5.56. The molecule has 0 aromatic carbocycles. The smallest absolute Gasteiger partial charge is 0.315 e. The summed E-state index contributed by atoms with van der Waals surface area (Å²) in [6.45, 7) is 4.14. The maximum absolute atomic E-state index is 11.3. The van der Waals surface area contributed by atoms with E-state index in [2.05, 4.69) is 5.10 Å². The van der Waals surface area contributed by atoms with Gasteiger partial charge in [-0.2, -0.15) is 5.10 Å². The van der Waals surface area contributed by atoms with Gasteiger partial charge in [-0.3, -0.25) is 9.48 Å². The number of rotatable bonds is 6. The summed E-state index contributed by atoms with van der Waals surface area (Å²) in [7, 11) is 1.86. The fourth-order valence-electron chi connectivity index (χ4n) is 1.50. The van der Waals surface area contributed by atoms with Crippen LogP contribution in [0.3, 0.4) is 0 Å². The van der Waals surface area contributed by atoms with Gasteiger partial charge in [0.1, 0.15) is 0 Å². The van der Waals surface area contributed by atoms with Gasteiger partial charge < -0.3 is 10.5 Å². The average molecular weight is 257 g/mol. The molecule has 96 valence electrons. The fraction of sp³-hybridized carbons (Fsp3) is 0.636. The molecule has 0 fully saturated rings. The van der Waals surface area contributed by atoms with Crippen molar-refractivity contribution >= 4 is 17.7 Å². The zero-order chi connectivity index (χ0) is 12.8. The molecule has 0 spiro atoms. The second kappa shape index (κ2) is 6.66. The standard InChI is InChI=1S/C11H19N3O2S/c1-4-16-10(15)7-17-11(8(2)12)9-5-13-14(3)6-9/h5-6,8,11H,4,7,12H2,1-3H3. The topological polar surface area (TPSA) is 70.1 Å². The van der Waals surface area contributed by atoms with E-state index in [4.69, 9.17) is 10.5 Å². The van der Waals surface area contributed by atoms with Gasteiger partial charge in [-0.25, -0.2) is 0 Å². The zero-order valence-electron chi connectivity index (χ0n) is 10.4. The number of nitrogens with zero attached hydrogens (tertiary/aromatic N) is 2. The van der Waals surface area contributed by atoms with E-state index in [9.17, 15) is 4.79 Å². The molecule has 2 N–H and O–H groups in total. The van der Waals surface area contributed by atoms with E-state index in [1.54, 1.807) is 17.8 Å². The first-order chi connectivity index (χ1) is 8.04. The Kier molecular flexibility index (Phi) is 5.50. The summed E-state index contributed by atoms with van der Waals surface area (Å²) in [5, 5.41) is 4.18. The Bertz CT molecular complexity index is 365. The Hall–Kier alpha value is -1.01. The molecule has 0 amide bonds. The van der Waals surface area contributed by atoms with Crippen LogP contribution in [-0.4, -0.2) is 34.2 Å². The Morgan fingerprint density at radius 1 is 1.71 bits per heavy atom. The Morgan fingerprint density at radius 3 is 2.88 bits per heavy atom. The van der Waals surface area contributed by atoms with E-state index in [0.29, 0.717) is 12.4 Å². The molecular formula is C11H19N3O2S. The molecule has 17 heavy (non-hydrogen) atoms. The van der Waals surface area contributed by atoms with Gasteiger partial charge in [0.25, 0.3) is 0 Å². The zero-order valence-corrected chi connectivity index (χ0v) is 11.2. The SMILES string of the molecule is CCOC(=O)CSC(c1cnn(C)c1)C(C)N. The summed E-state index contributed by atoms with van der Waals surface area (Å²) < 4.78 is 6.62. The molecule has 1 aromatic rings. The van der Waals surface area contributed by atoms with E-state index in [0.717, 1.165) is 5.56 Å². The molecule has 0 bridgehead atoms. The molecule has 2 unspecified atom stereocenters. The maximum Gasteiger partial charge on any atom is 0.315 e. The van der Waals surface area contributed by atoms with Crippen LogP contribution in [0.1, 0.15) is 24.7 Å². The molecule has 1 aromatic heterocycles. The average Bonchev–Trinajstić information content (AvgIpc) is 2.65. The first-order valence-corrected chi connectivity index (χ1v) is 6.60. The molecule has 1 heterocycles. The van der Waals surface area contributed by atoms with Crippen LogP contribution in [-0.2, 0) is 16.6 Å². The summed E-state index contributed by atoms with van der Waals surface area (Å²) in [4.78, 5) is 11.3. The van der Waals surface area contributed by atoms with E-state index >= 15 is 0 Å². The molecule has 5 nitrogen and oxygen atoms in total. The third-order valence-electron chi connectivity index (χ3n) is 2.22. The number of carbonyl (C=O) groups excluding carboxylic acids is 1. The van der Waals surface area contributed by atoms with Crippen LogP contribution in [0, 0.1) is 0 Å². The highest BCUT2D eigenvalue weighted by atomic mass is 32.2. The van der Waals surface area contributed by atoms with Crippen LogP contribution < -0.4 is 5.73 Å². The van der Waals surface area contributed by atoms with Gasteiger partial charge in [0.2, 0.25) is 0 Å². The number of esters is 1. The van der Waals surface area contributed by atoms with E-state index in [1.807, 2.05) is 20.2 Å². The number of hydrogen-bond acceptors (Lipinski definition) is 5. The summed E-state index contributed by atoms with van der Waals surface area (Å²) in [5.74, 6) is 0.113. The molecule has 2 atom stereocenters. The number of thioether (sulfide) groups is 1. The van der Waals surface area contributed by atoms with Crippen LogP contribution in [0.5, 0.6) is 0 Å². The van der Waals surface area contributed by atoms with Gasteiger partial charge in [-0.1, -0.05) is 0 Å². The van der Waals surface area contributed by atoms with Gasteiger partial charge in [0.15, 0.2) is 0 Å². The molecule has 6 heteroatoms. The van der Waals surface area contributed by atoms with Crippen LogP contribution in [0.4, 0.5) is 0 Å². The van der Waals surface area contributed by atoms with Crippen molar-refractivity contribution in [2.24, 2.45) is 12.8 Å². The van der Waals surface area contributed by atoms with Crippen LogP contribution in [0.15, 0.2) is 12.4 Å². The molecule has 0 aliphatic carbocycles. The second-order valence-corrected chi connectivity index (χ2v) is 4.97. The number of nitrogens with two attached hydrogens (primary N) is 1. The third kappa shape index (κ3) is 4.40. The lowest BCUT2D eigenvalue weighted by Gasteiger charge is -2.18. The molecule has 0 aliphatic heterocycles. The highest BCUT2D eigenvalue weighted by molar-refractivity contribution is 8.00. The quantitative estimate of drug-likeness (QED) is 0.773. The number of aromatic nitrogens is 2. The van der Waals surface area contributed by atoms with Crippen molar-refractivity contribution in [2.45, 2.75) is 25.1 Å². The molecule has 0 saturated carbocycles. The summed E-state index contributed by atoms with van der Waals surface area (Å²) in [5.41, 5.74) is 6.97. The largest absolute Gasteiger partial charge is 0.465 e. The van der Waals surface area contributed by atoms with E-state index < -0.39 is 0 Å². The Morgan fingerprint density at radius 2 is 2.41 bits per heavy atom. The van der Waals surface area contributed by atoms with Crippen LogP contribution >= 0.6 is 11.8 Å². The number of hydrogen-bond donors (Lipinski definition) is 1. The fourth-order valence-corrected chi connectivity index (χ4v) is 2.52. The molecular weight excluding hydrogens is 238 g/mol. The van der Waals surface area contributed by atoms with Crippen molar-refractivity contribution in [1.29, 1.82) is 0 Å². The Balaban J connectivity index is 2.58. The highest BCUT2D eigenvalue weighted by Gasteiger charge is 2.20. The monoisotopic (exact) mass is 257 g/mol. The van der Waals surface area contributed by atoms with Gasteiger partial charge in [0.05, 0.1) is 18.6 Å². The van der Waals surface area contributed by atoms with Gasteiger partial charge in [0, 0.05) is 30.1 Å². The summed E-state index contributed by atoms with van der Waals surface area (Å²) >= 11 is 1.49. The van der Waals surface area contributed by atoms with E-state index in [-0.39, 0.29) is 17.3 Å². The minimum Gasteiger partial charge on any atom is -0.465 e. The third-order valence-corrected chi connectivity index (χ3v) is 3.68. The summed E-state index contributed by atoms with van der Waals surface area (Å²) in [6.07, 6.45) is 3.71. The van der Waals surface area contributed by atoms with E-state index in [1.165, 1.54) is 11.8 Å². The second-order valence-electron chi connectivity index (χ2n) is 3.84. The van der Waals surface area contributed by atoms with Crippen molar-refractivity contribution in [3.63, 3.8) is 0 Å². The molecule has 1 rings (SSSR count). The minimum atomic E-state index is -0.202. The van der Waals surface area contributed by atoms with Crippen molar-refractivity contribution in [3.05, 3.63) is 18.0 Å². The van der Waals surface area contributed by atoms with Crippen molar-refractivity contribution in [3.8, 4) is 0 Å². The molecule has 0 saturated heterocycles. The predicted octanol–water partition coefficient (Wildman–Crippen LogP) is 1.10.